The van der Waals surface area contributed by atoms with Gasteiger partial charge >= 0.3 is 5.97 Å². The molecule has 1 aromatic rings. The number of oxime groups is 1. The van der Waals surface area contributed by atoms with Gasteiger partial charge in [-0.15, -0.1) is 0 Å². The summed E-state index contributed by atoms with van der Waals surface area (Å²) in [7, 11) is -4.27. The van der Waals surface area contributed by atoms with Crippen LogP contribution in [0.15, 0.2) is 34.3 Å². The second kappa shape index (κ2) is 7.10. The summed E-state index contributed by atoms with van der Waals surface area (Å²) in [6.45, 7) is 7.64. The van der Waals surface area contributed by atoms with Crippen molar-refractivity contribution in [1.29, 1.82) is 0 Å². The van der Waals surface area contributed by atoms with Gasteiger partial charge < -0.3 is 9.94 Å². The number of nitrogens with zero attached hydrogens (tertiary/aromatic N) is 1. The molecular formula is C15H21NO6S. The molecule has 1 aromatic carbocycles. The van der Waals surface area contributed by atoms with Crippen molar-refractivity contribution >= 4 is 21.8 Å². The molecule has 0 saturated heterocycles. The van der Waals surface area contributed by atoms with E-state index < -0.39 is 27.8 Å². The van der Waals surface area contributed by atoms with E-state index in [9.17, 15) is 18.3 Å². The fraction of sp³-hybridized carbons (Fsp3) is 0.467. The average Bonchev–Trinajstić information content (AvgIpc) is 2.44. The number of benzene rings is 1. The Morgan fingerprint density at radius 3 is 2.22 bits per heavy atom. The van der Waals surface area contributed by atoms with Gasteiger partial charge in [-0.05, 0) is 46.8 Å². The number of carboxylic acids is 1. The van der Waals surface area contributed by atoms with Crippen LogP contribution in [0.1, 0.15) is 33.3 Å². The number of carbonyl (C=O) groups is 1. The third-order valence-electron chi connectivity index (χ3n) is 3.19. The van der Waals surface area contributed by atoms with Gasteiger partial charge in [-0.25, -0.2) is 8.98 Å². The molecule has 0 fully saturated rings. The zero-order valence-electron chi connectivity index (χ0n) is 13.7. The minimum absolute atomic E-state index is 0.127. The normalized spacial score (nSPS) is 15.3. The number of hydrogen-bond donors (Lipinski definition) is 1. The SMILES string of the molecule is CC(C)=NOC(C)C(C)(OS(=O)(=O)c1ccc(C)cc1)C(=O)O. The lowest BCUT2D eigenvalue weighted by Crippen LogP contribution is -2.49. The summed E-state index contributed by atoms with van der Waals surface area (Å²) in [5.74, 6) is -1.47. The molecule has 0 saturated carbocycles. The average molecular weight is 343 g/mol. The van der Waals surface area contributed by atoms with Crippen molar-refractivity contribution in [2.24, 2.45) is 5.16 Å². The van der Waals surface area contributed by atoms with E-state index in [2.05, 4.69) is 5.16 Å². The summed E-state index contributed by atoms with van der Waals surface area (Å²) < 4.78 is 29.6. The van der Waals surface area contributed by atoms with Crippen LogP contribution in [0.25, 0.3) is 0 Å². The zero-order valence-corrected chi connectivity index (χ0v) is 14.5. The molecule has 0 radical (unpaired) electrons. The number of aryl methyl sites for hydroxylation is 1. The highest BCUT2D eigenvalue weighted by Crippen LogP contribution is 2.26. The summed E-state index contributed by atoms with van der Waals surface area (Å²) in [5.41, 5.74) is -0.691. The van der Waals surface area contributed by atoms with Gasteiger partial charge in [-0.1, -0.05) is 22.9 Å². The van der Waals surface area contributed by atoms with Gasteiger partial charge in [-0.2, -0.15) is 8.42 Å². The molecule has 0 aliphatic heterocycles. The highest BCUT2D eigenvalue weighted by molar-refractivity contribution is 7.86. The van der Waals surface area contributed by atoms with Gasteiger partial charge in [0, 0.05) is 0 Å². The van der Waals surface area contributed by atoms with Crippen LogP contribution >= 0.6 is 0 Å². The molecule has 2 atom stereocenters. The van der Waals surface area contributed by atoms with Crippen LogP contribution in [0.3, 0.4) is 0 Å². The Balaban J connectivity index is 3.13. The zero-order chi connectivity index (χ0) is 17.8. The molecule has 0 heterocycles. The first-order valence-corrected chi connectivity index (χ1v) is 8.32. The lowest BCUT2D eigenvalue weighted by Gasteiger charge is -2.28. The first kappa shape index (κ1) is 19.1. The minimum atomic E-state index is -4.27. The van der Waals surface area contributed by atoms with Gasteiger partial charge in [-0.3, -0.25) is 0 Å². The first-order valence-electron chi connectivity index (χ1n) is 6.92. The van der Waals surface area contributed by atoms with Crippen molar-refractivity contribution in [1.82, 2.24) is 0 Å². The third kappa shape index (κ3) is 4.77. The summed E-state index contributed by atoms with van der Waals surface area (Å²) in [5, 5.41) is 13.1. The highest BCUT2D eigenvalue weighted by Gasteiger charge is 2.47. The summed E-state index contributed by atoms with van der Waals surface area (Å²) in [4.78, 5) is 16.5. The van der Waals surface area contributed by atoms with Gasteiger partial charge in [0.15, 0.2) is 6.10 Å². The Labute approximate surface area is 136 Å². The molecule has 0 bridgehead atoms. The number of rotatable bonds is 7. The largest absolute Gasteiger partial charge is 0.479 e. The predicted octanol–water partition coefficient (Wildman–Crippen LogP) is 2.34. The van der Waals surface area contributed by atoms with E-state index in [1.54, 1.807) is 32.9 Å². The molecule has 7 nitrogen and oxygen atoms in total. The van der Waals surface area contributed by atoms with E-state index in [1.165, 1.54) is 19.1 Å². The van der Waals surface area contributed by atoms with Crippen LogP contribution in [0, 0.1) is 6.92 Å². The minimum Gasteiger partial charge on any atom is -0.479 e. The van der Waals surface area contributed by atoms with Gasteiger partial charge in [0.1, 0.15) is 0 Å². The summed E-state index contributed by atoms with van der Waals surface area (Å²) >= 11 is 0. The third-order valence-corrected chi connectivity index (χ3v) is 4.60. The van der Waals surface area contributed by atoms with Crippen molar-refractivity contribution in [2.45, 2.75) is 51.2 Å². The Hall–Kier alpha value is -1.93. The smallest absolute Gasteiger partial charge is 0.341 e. The monoisotopic (exact) mass is 343 g/mol. The molecule has 0 aromatic heterocycles. The maximum atomic E-state index is 12.3. The van der Waals surface area contributed by atoms with E-state index in [4.69, 9.17) is 9.02 Å². The first-order chi connectivity index (χ1) is 10.5. The Kier molecular flexibility index (Phi) is 5.90. The quantitative estimate of drug-likeness (QED) is 0.463. The molecule has 8 heteroatoms. The Morgan fingerprint density at radius 1 is 1.26 bits per heavy atom. The van der Waals surface area contributed by atoms with Crippen LogP contribution in [-0.4, -0.2) is 36.9 Å². The van der Waals surface area contributed by atoms with E-state index in [-0.39, 0.29) is 4.90 Å². The molecule has 0 spiro atoms. The molecule has 0 aliphatic rings. The van der Waals surface area contributed by atoms with Gasteiger partial charge in [0.25, 0.3) is 10.1 Å². The van der Waals surface area contributed by atoms with Crippen molar-refractivity contribution in [3.63, 3.8) is 0 Å². The summed E-state index contributed by atoms with van der Waals surface area (Å²) in [6, 6.07) is 5.90. The molecular weight excluding hydrogens is 322 g/mol. The van der Waals surface area contributed by atoms with Crippen molar-refractivity contribution in [3.05, 3.63) is 29.8 Å². The topological polar surface area (TPSA) is 102 Å². The van der Waals surface area contributed by atoms with E-state index in [0.29, 0.717) is 5.71 Å². The van der Waals surface area contributed by atoms with Crippen LogP contribution in [0.4, 0.5) is 0 Å². The highest BCUT2D eigenvalue weighted by atomic mass is 32.2. The fourth-order valence-corrected chi connectivity index (χ4v) is 2.77. The number of hydrogen-bond acceptors (Lipinski definition) is 6. The maximum absolute atomic E-state index is 12.3. The van der Waals surface area contributed by atoms with Crippen LogP contribution in [0.2, 0.25) is 0 Å². The lowest BCUT2D eigenvalue weighted by molar-refractivity contribution is -0.166. The fourth-order valence-electron chi connectivity index (χ4n) is 1.54. The Bertz CT molecular complexity index is 691. The lowest BCUT2D eigenvalue weighted by atomic mass is 10.0. The van der Waals surface area contributed by atoms with Crippen LogP contribution in [-0.2, 0) is 23.9 Å². The van der Waals surface area contributed by atoms with Crippen molar-refractivity contribution < 1.29 is 27.3 Å². The van der Waals surface area contributed by atoms with Crippen LogP contribution in [0.5, 0.6) is 0 Å². The second-order valence-electron chi connectivity index (χ2n) is 5.55. The molecule has 23 heavy (non-hydrogen) atoms. The van der Waals surface area contributed by atoms with Crippen molar-refractivity contribution in [3.8, 4) is 0 Å². The maximum Gasteiger partial charge on any atom is 0.341 e. The molecule has 0 amide bonds. The van der Waals surface area contributed by atoms with E-state index >= 15 is 0 Å². The number of aliphatic carboxylic acids is 1. The predicted molar refractivity (Wildman–Crippen MR) is 84.8 cm³/mol. The van der Waals surface area contributed by atoms with Crippen LogP contribution < -0.4 is 0 Å². The standard InChI is InChI=1S/C15H21NO6S/c1-10(2)16-21-12(4)15(5,14(17)18)22-23(19,20)13-8-6-11(3)7-9-13/h6-9,12H,1-5H3,(H,17,18). The van der Waals surface area contributed by atoms with E-state index in [1.807, 2.05) is 0 Å². The summed E-state index contributed by atoms with van der Waals surface area (Å²) in [6.07, 6.45) is -1.13. The molecule has 128 valence electrons. The van der Waals surface area contributed by atoms with Crippen molar-refractivity contribution in [2.75, 3.05) is 0 Å². The van der Waals surface area contributed by atoms with Gasteiger partial charge in [0.05, 0.1) is 10.6 Å². The van der Waals surface area contributed by atoms with E-state index in [0.717, 1.165) is 12.5 Å². The number of carboxylic acid groups (broad SMARTS) is 1. The Morgan fingerprint density at radius 2 is 1.78 bits per heavy atom. The molecule has 1 rings (SSSR count). The molecule has 1 N–H and O–H groups in total. The second-order valence-corrected chi connectivity index (χ2v) is 7.10. The van der Waals surface area contributed by atoms with Gasteiger partial charge in [0.2, 0.25) is 5.60 Å². The molecule has 2 unspecified atom stereocenters. The molecule has 0 aliphatic carbocycles.